The number of nitrogens with one attached hydrogen (secondary N) is 2. The Morgan fingerprint density at radius 2 is 2.14 bits per heavy atom. The summed E-state index contributed by atoms with van der Waals surface area (Å²) in [4.78, 5) is 21.6. The van der Waals surface area contributed by atoms with Gasteiger partial charge in [-0.25, -0.2) is 14.5 Å². The van der Waals surface area contributed by atoms with E-state index in [1.165, 1.54) is 6.20 Å². The van der Waals surface area contributed by atoms with E-state index in [4.69, 9.17) is 0 Å². The van der Waals surface area contributed by atoms with Gasteiger partial charge in [0.2, 0.25) is 0 Å². The van der Waals surface area contributed by atoms with E-state index in [-0.39, 0.29) is 5.91 Å². The highest BCUT2D eigenvalue weighted by Gasteiger charge is 2.22. The topological polar surface area (TPSA) is 102 Å². The number of hydrogen-bond acceptors (Lipinski definition) is 6. The average Bonchev–Trinajstić information content (AvgIpc) is 3.23. The lowest BCUT2D eigenvalue weighted by atomic mass is 10.2. The molecule has 4 aromatic rings. The van der Waals surface area contributed by atoms with Crippen LogP contribution in [0.2, 0.25) is 0 Å². The van der Waals surface area contributed by atoms with Crippen LogP contribution < -0.4 is 10.6 Å². The monoisotopic (exact) mass is 374 g/mol. The molecule has 3 aromatic heterocycles. The van der Waals surface area contributed by atoms with Crippen molar-refractivity contribution in [3.63, 3.8) is 0 Å². The molecule has 1 saturated carbocycles. The lowest BCUT2D eigenvalue weighted by Gasteiger charge is -2.06. The van der Waals surface area contributed by atoms with Gasteiger partial charge in [0.1, 0.15) is 17.7 Å². The van der Waals surface area contributed by atoms with Crippen molar-refractivity contribution < 1.29 is 4.79 Å². The molecule has 9 heteroatoms. The minimum Gasteiger partial charge on any atom is -0.367 e. The van der Waals surface area contributed by atoms with Crippen molar-refractivity contribution in [2.75, 3.05) is 10.6 Å². The number of rotatable bonds is 5. The largest absolute Gasteiger partial charge is 0.367 e. The third-order valence-electron chi connectivity index (χ3n) is 4.52. The second-order valence-electron chi connectivity index (χ2n) is 6.83. The molecule has 2 N–H and O–H groups in total. The van der Waals surface area contributed by atoms with Gasteiger partial charge in [-0.05, 0) is 31.0 Å². The first kappa shape index (κ1) is 16.4. The Balaban J connectivity index is 1.41. The maximum Gasteiger partial charge on any atom is 0.261 e. The maximum absolute atomic E-state index is 12.8. The molecular formula is C19H18N8O. The van der Waals surface area contributed by atoms with Gasteiger partial charge in [-0.2, -0.15) is 10.2 Å². The van der Waals surface area contributed by atoms with Crippen molar-refractivity contribution in [1.29, 1.82) is 0 Å². The molecule has 0 saturated heterocycles. The summed E-state index contributed by atoms with van der Waals surface area (Å²) in [5.74, 6) is 1.09. The van der Waals surface area contributed by atoms with E-state index in [0.29, 0.717) is 28.8 Å². The van der Waals surface area contributed by atoms with E-state index >= 15 is 0 Å². The summed E-state index contributed by atoms with van der Waals surface area (Å²) in [7, 11) is 1.81. The summed E-state index contributed by atoms with van der Waals surface area (Å²) >= 11 is 0. The van der Waals surface area contributed by atoms with Crippen molar-refractivity contribution in [3.05, 3.63) is 54.6 Å². The first-order valence-electron chi connectivity index (χ1n) is 9.04. The molecule has 0 bridgehead atoms. The van der Waals surface area contributed by atoms with Gasteiger partial charge in [0.15, 0.2) is 11.5 Å². The van der Waals surface area contributed by atoms with Crippen LogP contribution in [0.4, 0.5) is 11.5 Å². The lowest BCUT2D eigenvalue weighted by molar-refractivity contribution is 0.102. The summed E-state index contributed by atoms with van der Waals surface area (Å²) in [6, 6.07) is 9.77. The van der Waals surface area contributed by atoms with Crippen LogP contribution in [0.15, 0.2) is 49.1 Å². The van der Waals surface area contributed by atoms with Crippen LogP contribution in [0.3, 0.4) is 0 Å². The van der Waals surface area contributed by atoms with Crippen LogP contribution in [0.1, 0.15) is 23.2 Å². The van der Waals surface area contributed by atoms with Crippen LogP contribution in [0.25, 0.3) is 17.0 Å². The van der Waals surface area contributed by atoms with E-state index in [1.54, 1.807) is 21.7 Å². The average molecular weight is 374 g/mol. The molecule has 0 unspecified atom stereocenters. The van der Waals surface area contributed by atoms with E-state index in [2.05, 4.69) is 30.8 Å². The molecule has 9 nitrogen and oxygen atoms in total. The number of carbonyl (C=O) groups excluding carboxylic acids is 1. The van der Waals surface area contributed by atoms with Gasteiger partial charge in [0.05, 0.1) is 6.20 Å². The van der Waals surface area contributed by atoms with Gasteiger partial charge in [0, 0.05) is 30.5 Å². The number of aromatic nitrogens is 6. The zero-order valence-electron chi connectivity index (χ0n) is 15.2. The van der Waals surface area contributed by atoms with E-state index in [1.807, 2.05) is 37.4 Å². The second kappa shape index (κ2) is 6.45. The zero-order valence-corrected chi connectivity index (χ0v) is 15.2. The predicted octanol–water partition coefficient (Wildman–Crippen LogP) is 2.35. The molecule has 0 aliphatic heterocycles. The lowest BCUT2D eigenvalue weighted by Crippen LogP contribution is -2.12. The molecule has 1 aliphatic rings. The normalized spacial score (nSPS) is 13.6. The molecule has 0 spiro atoms. The molecule has 5 rings (SSSR count). The van der Waals surface area contributed by atoms with Crippen LogP contribution >= 0.6 is 0 Å². The van der Waals surface area contributed by atoms with Gasteiger partial charge in [-0.3, -0.25) is 9.48 Å². The Kier molecular flexibility index (Phi) is 3.78. The molecular weight excluding hydrogens is 356 g/mol. The summed E-state index contributed by atoms with van der Waals surface area (Å²) in [5, 5.41) is 14.8. The molecule has 0 radical (unpaired) electrons. The van der Waals surface area contributed by atoms with Crippen molar-refractivity contribution in [3.8, 4) is 11.4 Å². The number of fused-ring (bicyclic) bond motifs is 1. The second-order valence-corrected chi connectivity index (χ2v) is 6.83. The zero-order chi connectivity index (χ0) is 19.1. The standard InChI is InChI=1S/C19H18N8O/c1-26-11-20-17(25-26)12-3-2-4-14(9-12)23-19(28)15-10-21-27-8-7-16(24-18(15)27)22-13-5-6-13/h2-4,7-11,13H,5-6H2,1H3,(H,22,24)(H,23,28). The molecule has 28 heavy (non-hydrogen) atoms. The van der Waals surface area contributed by atoms with E-state index < -0.39 is 0 Å². The predicted molar refractivity (Wildman–Crippen MR) is 104 cm³/mol. The number of benzene rings is 1. The number of amides is 1. The Morgan fingerprint density at radius 3 is 2.93 bits per heavy atom. The third kappa shape index (κ3) is 3.18. The van der Waals surface area contributed by atoms with Crippen molar-refractivity contribution >= 4 is 23.1 Å². The summed E-state index contributed by atoms with van der Waals surface area (Å²) in [5.41, 5.74) is 2.42. The van der Waals surface area contributed by atoms with Gasteiger partial charge >= 0.3 is 0 Å². The number of hydrogen-bond donors (Lipinski definition) is 2. The van der Waals surface area contributed by atoms with Crippen molar-refractivity contribution in [2.45, 2.75) is 18.9 Å². The quantitative estimate of drug-likeness (QED) is 0.556. The number of anilines is 2. The summed E-state index contributed by atoms with van der Waals surface area (Å²) in [6.45, 7) is 0. The van der Waals surface area contributed by atoms with E-state index in [9.17, 15) is 4.79 Å². The van der Waals surface area contributed by atoms with Gasteiger partial charge in [0.25, 0.3) is 5.91 Å². The van der Waals surface area contributed by atoms with Crippen LogP contribution in [-0.2, 0) is 7.05 Å². The van der Waals surface area contributed by atoms with Crippen molar-refractivity contribution in [1.82, 2.24) is 29.4 Å². The van der Waals surface area contributed by atoms with Crippen LogP contribution in [0.5, 0.6) is 0 Å². The van der Waals surface area contributed by atoms with Gasteiger partial charge < -0.3 is 10.6 Å². The molecule has 1 amide bonds. The Bertz CT molecular complexity index is 1170. The third-order valence-corrected chi connectivity index (χ3v) is 4.52. The first-order chi connectivity index (χ1) is 13.7. The summed E-state index contributed by atoms with van der Waals surface area (Å²) < 4.78 is 3.24. The number of carbonyl (C=O) groups is 1. The molecule has 1 aliphatic carbocycles. The molecule has 140 valence electrons. The first-order valence-corrected chi connectivity index (χ1v) is 9.04. The highest BCUT2D eigenvalue weighted by molar-refractivity contribution is 6.08. The van der Waals surface area contributed by atoms with Crippen molar-refractivity contribution in [2.24, 2.45) is 7.05 Å². The number of aryl methyl sites for hydroxylation is 1. The summed E-state index contributed by atoms with van der Waals surface area (Å²) in [6.07, 6.45) is 7.28. The highest BCUT2D eigenvalue weighted by atomic mass is 16.1. The fourth-order valence-electron chi connectivity index (χ4n) is 2.95. The van der Waals surface area contributed by atoms with Gasteiger partial charge in [-0.15, -0.1) is 0 Å². The van der Waals surface area contributed by atoms with E-state index in [0.717, 1.165) is 24.2 Å². The van der Waals surface area contributed by atoms with Crippen LogP contribution in [0, 0.1) is 0 Å². The fraction of sp³-hybridized carbons (Fsp3) is 0.211. The Labute approximate surface area is 160 Å². The smallest absolute Gasteiger partial charge is 0.261 e. The minimum absolute atomic E-state index is 0.266. The minimum atomic E-state index is -0.266. The fourth-order valence-corrected chi connectivity index (χ4v) is 2.95. The highest BCUT2D eigenvalue weighted by Crippen LogP contribution is 2.24. The molecule has 0 atom stereocenters. The van der Waals surface area contributed by atoms with Gasteiger partial charge in [-0.1, -0.05) is 12.1 Å². The maximum atomic E-state index is 12.8. The molecule has 1 aromatic carbocycles. The SMILES string of the molecule is Cn1cnc(-c2cccc(NC(=O)c3cnn4ccc(NC5CC5)nc34)c2)n1. The molecule has 3 heterocycles. The Morgan fingerprint density at radius 1 is 1.25 bits per heavy atom. The molecule has 1 fully saturated rings. The van der Waals surface area contributed by atoms with Crippen LogP contribution in [-0.4, -0.2) is 41.3 Å². The Hall–Kier alpha value is -3.75. The number of nitrogens with zero attached hydrogens (tertiary/aromatic N) is 6.